The summed E-state index contributed by atoms with van der Waals surface area (Å²) in [5.41, 5.74) is 1.72. The van der Waals surface area contributed by atoms with Crippen LogP contribution in [0.15, 0.2) is 18.2 Å². The molecular weight excluding hydrogens is 258 g/mol. The van der Waals surface area contributed by atoms with Crippen LogP contribution in [0.1, 0.15) is 12.0 Å². The fourth-order valence-electron chi connectivity index (χ4n) is 2.36. The molecule has 0 aliphatic carbocycles. The van der Waals surface area contributed by atoms with Gasteiger partial charge in [-0.15, -0.1) is 0 Å². The third-order valence-corrected chi connectivity index (χ3v) is 3.57. The monoisotopic (exact) mass is 279 g/mol. The van der Waals surface area contributed by atoms with Gasteiger partial charge in [0.15, 0.2) is 0 Å². The summed E-state index contributed by atoms with van der Waals surface area (Å²) in [6, 6.07) is 5.14. The summed E-state index contributed by atoms with van der Waals surface area (Å²) in [6.45, 7) is 7.26. The molecule has 0 radical (unpaired) electrons. The minimum Gasteiger partial charge on any atom is -0.385 e. The average Bonchev–Trinajstić information content (AvgIpc) is 2.46. The van der Waals surface area contributed by atoms with E-state index >= 15 is 0 Å². The maximum atomic E-state index is 10.9. The summed E-state index contributed by atoms with van der Waals surface area (Å²) < 4.78 is 5.31. The van der Waals surface area contributed by atoms with Crippen LogP contribution in [0, 0.1) is 17.0 Å². The SMILES string of the molecule is Cc1c(NCCCN2CCOCC2)cccc1[N+](=O)[O-]. The van der Waals surface area contributed by atoms with Crippen molar-refractivity contribution in [2.24, 2.45) is 0 Å². The number of morpholine rings is 1. The van der Waals surface area contributed by atoms with Crippen LogP contribution < -0.4 is 5.32 Å². The predicted molar refractivity (Wildman–Crippen MR) is 78.2 cm³/mol. The summed E-state index contributed by atoms with van der Waals surface area (Å²) in [7, 11) is 0. The number of nitro benzene ring substituents is 1. The highest BCUT2D eigenvalue weighted by Crippen LogP contribution is 2.24. The van der Waals surface area contributed by atoms with Gasteiger partial charge < -0.3 is 10.1 Å². The second-order valence-corrected chi connectivity index (χ2v) is 4.94. The molecule has 1 fully saturated rings. The minimum absolute atomic E-state index is 0.170. The number of nitrogens with one attached hydrogen (secondary N) is 1. The standard InChI is InChI=1S/C14H21N3O3/c1-12-13(4-2-5-14(12)17(18)19)15-6-3-7-16-8-10-20-11-9-16/h2,4-5,15H,3,6-11H2,1H3. The molecule has 20 heavy (non-hydrogen) atoms. The zero-order chi connectivity index (χ0) is 14.4. The Morgan fingerprint density at radius 1 is 1.40 bits per heavy atom. The van der Waals surface area contributed by atoms with Crippen LogP contribution >= 0.6 is 0 Å². The molecule has 1 saturated heterocycles. The minimum atomic E-state index is -0.339. The van der Waals surface area contributed by atoms with Crippen molar-refractivity contribution in [2.75, 3.05) is 44.7 Å². The molecule has 2 rings (SSSR count). The van der Waals surface area contributed by atoms with Crippen LogP contribution in [0.3, 0.4) is 0 Å². The molecule has 0 unspecified atom stereocenters. The fourth-order valence-corrected chi connectivity index (χ4v) is 2.36. The van der Waals surface area contributed by atoms with Crippen molar-refractivity contribution in [3.8, 4) is 0 Å². The maximum absolute atomic E-state index is 10.9. The summed E-state index contributed by atoms with van der Waals surface area (Å²) in [5, 5.41) is 14.2. The van der Waals surface area contributed by atoms with E-state index in [2.05, 4.69) is 10.2 Å². The molecule has 0 spiro atoms. The molecule has 0 bridgehead atoms. The summed E-state index contributed by atoms with van der Waals surface area (Å²) in [4.78, 5) is 12.9. The first-order chi connectivity index (χ1) is 9.68. The van der Waals surface area contributed by atoms with Crippen molar-refractivity contribution >= 4 is 11.4 Å². The van der Waals surface area contributed by atoms with E-state index in [-0.39, 0.29) is 10.6 Å². The van der Waals surface area contributed by atoms with Crippen LogP contribution in [0.2, 0.25) is 0 Å². The molecule has 110 valence electrons. The number of hydrogen-bond acceptors (Lipinski definition) is 5. The van der Waals surface area contributed by atoms with E-state index < -0.39 is 0 Å². The van der Waals surface area contributed by atoms with E-state index in [1.807, 2.05) is 6.07 Å². The van der Waals surface area contributed by atoms with Gasteiger partial charge in [-0.25, -0.2) is 0 Å². The largest absolute Gasteiger partial charge is 0.385 e. The van der Waals surface area contributed by atoms with Crippen molar-refractivity contribution < 1.29 is 9.66 Å². The van der Waals surface area contributed by atoms with Gasteiger partial charge in [0.25, 0.3) is 5.69 Å². The highest BCUT2D eigenvalue weighted by molar-refractivity contribution is 5.59. The third-order valence-electron chi connectivity index (χ3n) is 3.57. The summed E-state index contributed by atoms with van der Waals surface area (Å²) in [6.07, 6.45) is 1.02. The van der Waals surface area contributed by atoms with Crippen LogP contribution in [0.4, 0.5) is 11.4 Å². The normalized spacial score (nSPS) is 16.1. The third kappa shape index (κ3) is 3.91. The lowest BCUT2D eigenvalue weighted by atomic mass is 10.1. The van der Waals surface area contributed by atoms with Crippen molar-refractivity contribution in [3.63, 3.8) is 0 Å². The van der Waals surface area contributed by atoms with Crippen LogP contribution in [-0.2, 0) is 4.74 Å². The number of nitrogens with zero attached hydrogens (tertiary/aromatic N) is 2. The van der Waals surface area contributed by atoms with Gasteiger partial charge in [0.1, 0.15) is 0 Å². The molecule has 1 heterocycles. The second kappa shape index (κ2) is 7.21. The first kappa shape index (κ1) is 14.7. The van der Waals surface area contributed by atoms with Crippen molar-refractivity contribution in [1.82, 2.24) is 4.90 Å². The average molecular weight is 279 g/mol. The lowest BCUT2D eigenvalue weighted by Crippen LogP contribution is -2.37. The molecule has 1 aliphatic rings. The first-order valence-electron chi connectivity index (χ1n) is 6.96. The zero-order valence-electron chi connectivity index (χ0n) is 11.8. The van der Waals surface area contributed by atoms with Gasteiger partial charge in [-0.2, -0.15) is 0 Å². The van der Waals surface area contributed by atoms with E-state index in [1.165, 1.54) is 6.07 Å². The lowest BCUT2D eigenvalue weighted by Gasteiger charge is -2.26. The predicted octanol–water partition coefficient (Wildman–Crippen LogP) is 2.04. The smallest absolute Gasteiger partial charge is 0.274 e. The molecule has 1 aliphatic heterocycles. The first-order valence-corrected chi connectivity index (χ1v) is 6.96. The molecule has 0 aromatic heterocycles. The second-order valence-electron chi connectivity index (χ2n) is 4.94. The van der Waals surface area contributed by atoms with E-state index in [1.54, 1.807) is 13.0 Å². The number of benzene rings is 1. The Kier molecular flexibility index (Phi) is 5.31. The van der Waals surface area contributed by atoms with Gasteiger partial charge >= 0.3 is 0 Å². The van der Waals surface area contributed by atoms with Crippen molar-refractivity contribution in [2.45, 2.75) is 13.3 Å². The molecule has 1 N–H and O–H groups in total. The maximum Gasteiger partial charge on any atom is 0.274 e. The molecule has 6 heteroatoms. The van der Waals surface area contributed by atoms with Gasteiger partial charge in [-0.3, -0.25) is 15.0 Å². The molecule has 0 atom stereocenters. The molecular formula is C14H21N3O3. The van der Waals surface area contributed by atoms with Gasteiger partial charge in [-0.1, -0.05) is 6.07 Å². The summed E-state index contributed by atoms with van der Waals surface area (Å²) in [5.74, 6) is 0. The number of anilines is 1. The van der Waals surface area contributed by atoms with Crippen LogP contribution in [0.5, 0.6) is 0 Å². The van der Waals surface area contributed by atoms with E-state index in [0.29, 0.717) is 5.56 Å². The van der Waals surface area contributed by atoms with Crippen LogP contribution in [0.25, 0.3) is 0 Å². The van der Waals surface area contributed by atoms with Gasteiger partial charge in [-0.05, 0) is 26.0 Å². The van der Waals surface area contributed by atoms with Crippen molar-refractivity contribution in [3.05, 3.63) is 33.9 Å². The van der Waals surface area contributed by atoms with E-state index in [4.69, 9.17) is 4.74 Å². The molecule has 0 saturated carbocycles. The topological polar surface area (TPSA) is 67.6 Å². The highest BCUT2D eigenvalue weighted by atomic mass is 16.6. The Balaban J connectivity index is 1.79. The van der Waals surface area contributed by atoms with Crippen LogP contribution in [-0.4, -0.2) is 49.2 Å². The number of ether oxygens (including phenoxy) is 1. The van der Waals surface area contributed by atoms with Crippen molar-refractivity contribution in [1.29, 1.82) is 0 Å². The quantitative estimate of drug-likeness (QED) is 0.490. The Morgan fingerprint density at radius 3 is 2.85 bits per heavy atom. The Hall–Kier alpha value is -1.66. The fraction of sp³-hybridized carbons (Fsp3) is 0.571. The lowest BCUT2D eigenvalue weighted by molar-refractivity contribution is -0.385. The highest BCUT2D eigenvalue weighted by Gasteiger charge is 2.13. The Bertz CT molecular complexity index is 459. The molecule has 6 nitrogen and oxygen atoms in total. The molecule has 1 aromatic carbocycles. The zero-order valence-corrected chi connectivity index (χ0v) is 11.8. The Labute approximate surface area is 118 Å². The molecule has 0 amide bonds. The number of nitro groups is 1. The Morgan fingerprint density at radius 2 is 2.15 bits per heavy atom. The van der Waals surface area contributed by atoms with E-state index in [9.17, 15) is 10.1 Å². The number of rotatable bonds is 6. The van der Waals surface area contributed by atoms with Gasteiger partial charge in [0.05, 0.1) is 18.1 Å². The molecule has 1 aromatic rings. The van der Waals surface area contributed by atoms with Gasteiger partial charge in [0.2, 0.25) is 0 Å². The summed E-state index contributed by atoms with van der Waals surface area (Å²) >= 11 is 0. The van der Waals surface area contributed by atoms with E-state index in [0.717, 1.165) is 51.5 Å². The number of hydrogen-bond donors (Lipinski definition) is 1. The van der Waals surface area contributed by atoms with Gasteiger partial charge in [0, 0.05) is 37.0 Å².